The number of hydrogen-bond acceptors (Lipinski definition) is 5. The summed E-state index contributed by atoms with van der Waals surface area (Å²) < 4.78 is 5.15. The van der Waals surface area contributed by atoms with Crippen molar-refractivity contribution in [1.82, 2.24) is 10.2 Å². The molecule has 0 spiro atoms. The molecule has 1 fully saturated rings. The maximum Gasteiger partial charge on any atom is 0.359 e. The highest BCUT2D eigenvalue weighted by atomic mass is 16.5. The van der Waals surface area contributed by atoms with Crippen molar-refractivity contribution in [1.29, 1.82) is 0 Å². The van der Waals surface area contributed by atoms with Gasteiger partial charge in [-0.2, -0.15) is 5.10 Å². The van der Waals surface area contributed by atoms with Crippen LogP contribution < -0.4 is 10.2 Å². The molecule has 2 aromatic rings. The van der Waals surface area contributed by atoms with Crippen LogP contribution in [-0.4, -0.2) is 41.3 Å². The van der Waals surface area contributed by atoms with Crippen LogP contribution in [0.5, 0.6) is 0 Å². The minimum atomic E-state index is -0.914. The fraction of sp³-hybridized carbons (Fsp3) is 0.389. The number of carbonyl (C=O) groups is 2. The van der Waals surface area contributed by atoms with E-state index in [2.05, 4.69) is 20.4 Å². The van der Waals surface area contributed by atoms with E-state index in [0.717, 1.165) is 24.5 Å². The minimum Gasteiger partial charge on any atom is -0.448 e. The number of benzene rings is 1. The number of aryl methyl sites for hydroxylation is 1. The Labute approximate surface area is 146 Å². The third-order valence-corrected chi connectivity index (χ3v) is 4.17. The monoisotopic (exact) mass is 342 g/mol. The molecular weight excluding hydrogens is 320 g/mol. The van der Waals surface area contributed by atoms with E-state index in [4.69, 9.17) is 4.74 Å². The molecule has 0 saturated carbocycles. The zero-order valence-electron chi connectivity index (χ0n) is 14.4. The van der Waals surface area contributed by atoms with Gasteiger partial charge >= 0.3 is 5.97 Å². The Hall–Kier alpha value is -2.83. The molecule has 0 aliphatic carbocycles. The summed E-state index contributed by atoms with van der Waals surface area (Å²) in [7, 11) is 0. The van der Waals surface area contributed by atoms with Gasteiger partial charge in [-0.25, -0.2) is 4.79 Å². The lowest BCUT2D eigenvalue weighted by Crippen LogP contribution is -2.30. The standard InChI is InChI=1S/C18H22N4O3/c1-12-11-16(21-20-12)18(24)25-13(2)17(23)19-14-5-7-15(8-6-14)22-9-3-4-10-22/h5-8,11,13H,3-4,9-10H2,1-2H3,(H,19,23)(H,20,21)/t13-/m1/s1. The Morgan fingerprint density at radius 2 is 1.92 bits per heavy atom. The number of esters is 1. The Balaban J connectivity index is 1.54. The number of H-pyrrole nitrogens is 1. The Morgan fingerprint density at radius 1 is 1.24 bits per heavy atom. The van der Waals surface area contributed by atoms with Crippen molar-refractivity contribution in [2.45, 2.75) is 32.8 Å². The first kappa shape index (κ1) is 17.0. The number of nitrogens with zero attached hydrogens (tertiary/aromatic N) is 2. The van der Waals surface area contributed by atoms with Crippen molar-refractivity contribution < 1.29 is 14.3 Å². The molecule has 132 valence electrons. The average molecular weight is 342 g/mol. The lowest BCUT2D eigenvalue weighted by molar-refractivity contribution is -0.123. The molecule has 1 aliphatic heterocycles. The summed E-state index contributed by atoms with van der Waals surface area (Å²) in [5.74, 6) is -1.01. The normalized spacial score (nSPS) is 15.0. The molecule has 3 rings (SSSR count). The highest BCUT2D eigenvalue weighted by Crippen LogP contribution is 2.22. The zero-order valence-corrected chi connectivity index (χ0v) is 14.4. The Kier molecular flexibility index (Phi) is 5.02. The Bertz CT molecular complexity index is 748. The topological polar surface area (TPSA) is 87.3 Å². The highest BCUT2D eigenvalue weighted by Gasteiger charge is 2.20. The summed E-state index contributed by atoms with van der Waals surface area (Å²) in [6.07, 6.45) is 1.52. The molecule has 1 aromatic carbocycles. The summed E-state index contributed by atoms with van der Waals surface area (Å²) in [6.45, 7) is 5.47. The zero-order chi connectivity index (χ0) is 17.8. The van der Waals surface area contributed by atoms with E-state index in [9.17, 15) is 9.59 Å². The van der Waals surface area contributed by atoms with Crippen LogP contribution in [0, 0.1) is 6.92 Å². The first-order valence-electron chi connectivity index (χ1n) is 8.42. The van der Waals surface area contributed by atoms with Crippen LogP contribution in [0.25, 0.3) is 0 Å². The van der Waals surface area contributed by atoms with Gasteiger partial charge in [0.1, 0.15) is 0 Å². The van der Waals surface area contributed by atoms with E-state index in [1.807, 2.05) is 24.3 Å². The van der Waals surface area contributed by atoms with Gasteiger partial charge in [0, 0.05) is 30.2 Å². The molecule has 1 amide bonds. The fourth-order valence-electron chi connectivity index (χ4n) is 2.77. The van der Waals surface area contributed by atoms with Gasteiger partial charge in [0.25, 0.3) is 5.91 Å². The van der Waals surface area contributed by atoms with Crippen LogP contribution in [0.2, 0.25) is 0 Å². The van der Waals surface area contributed by atoms with Crippen LogP contribution in [0.1, 0.15) is 35.9 Å². The predicted molar refractivity (Wildman–Crippen MR) is 94.7 cm³/mol. The maximum absolute atomic E-state index is 12.2. The quantitative estimate of drug-likeness (QED) is 0.815. The van der Waals surface area contributed by atoms with Crippen LogP contribution in [0.4, 0.5) is 11.4 Å². The van der Waals surface area contributed by atoms with Gasteiger partial charge in [-0.3, -0.25) is 9.89 Å². The van der Waals surface area contributed by atoms with Gasteiger partial charge in [-0.15, -0.1) is 0 Å². The maximum atomic E-state index is 12.2. The molecular formula is C18H22N4O3. The van der Waals surface area contributed by atoms with E-state index >= 15 is 0 Å². The highest BCUT2D eigenvalue weighted by molar-refractivity contribution is 5.96. The number of nitrogens with one attached hydrogen (secondary N) is 2. The average Bonchev–Trinajstić information content (AvgIpc) is 3.27. The molecule has 2 N–H and O–H groups in total. The molecule has 7 nitrogen and oxygen atoms in total. The van der Waals surface area contributed by atoms with Crippen LogP contribution >= 0.6 is 0 Å². The number of aromatic amines is 1. The van der Waals surface area contributed by atoms with Crippen molar-refractivity contribution >= 4 is 23.3 Å². The second-order valence-electron chi connectivity index (χ2n) is 6.21. The van der Waals surface area contributed by atoms with Gasteiger partial charge in [-0.1, -0.05) is 0 Å². The summed E-state index contributed by atoms with van der Waals surface area (Å²) in [4.78, 5) is 26.4. The first-order chi connectivity index (χ1) is 12.0. The van der Waals surface area contributed by atoms with Crippen molar-refractivity contribution in [3.63, 3.8) is 0 Å². The van der Waals surface area contributed by atoms with Gasteiger partial charge in [0.15, 0.2) is 11.8 Å². The third-order valence-electron chi connectivity index (χ3n) is 4.17. The summed E-state index contributed by atoms with van der Waals surface area (Å²) in [5.41, 5.74) is 2.74. The smallest absolute Gasteiger partial charge is 0.359 e. The SMILES string of the molecule is Cc1cc(C(=O)O[C@H](C)C(=O)Nc2ccc(N3CCCC3)cc2)n[nH]1. The van der Waals surface area contributed by atoms with Crippen molar-refractivity contribution in [2.75, 3.05) is 23.3 Å². The number of hydrogen-bond donors (Lipinski definition) is 2. The molecule has 1 aromatic heterocycles. The summed E-state index contributed by atoms with van der Waals surface area (Å²) in [5, 5.41) is 9.25. The van der Waals surface area contributed by atoms with E-state index in [1.165, 1.54) is 19.8 Å². The molecule has 1 aliphatic rings. The molecule has 0 radical (unpaired) electrons. The molecule has 0 bridgehead atoms. The van der Waals surface area contributed by atoms with Gasteiger partial charge in [-0.05, 0) is 57.0 Å². The lowest BCUT2D eigenvalue weighted by atomic mass is 10.2. The minimum absolute atomic E-state index is 0.159. The first-order valence-corrected chi connectivity index (χ1v) is 8.42. The lowest BCUT2D eigenvalue weighted by Gasteiger charge is -2.18. The second-order valence-corrected chi connectivity index (χ2v) is 6.21. The molecule has 2 heterocycles. The number of aromatic nitrogens is 2. The van der Waals surface area contributed by atoms with E-state index in [0.29, 0.717) is 5.69 Å². The number of ether oxygens (including phenoxy) is 1. The van der Waals surface area contributed by atoms with Crippen molar-refractivity contribution in [3.05, 3.63) is 41.7 Å². The summed E-state index contributed by atoms with van der Waals surface area (Å²) >= 11 is 0. The van der Waals surface area contributed by atoms with Crippen molar-refractivity contribution in [3.8, 4) is 0 Å². The number of rotatable bonds is 5. The molecule has 25 heavy (non-hydrogen) atoms. The fourth-order valence-corrected chi connectivity index (χ4v) is 2.77. The van der Waals surface area contributed by atoms with Gasteiger partial charge in [0.2, 0.25) is 0 Å². The predicted octanol–water partition coefficient (Wildman–Crippen LogP) is 2.50. The van der Waals surface area contributed by atoms with Gasteiger partial charge in [0.05, 0.1) is 0 Å². The second kappa shape index (κ2) is 7.38. The van der Waals surface area contributed by atoms with Crippen LogP contribution in [-0.2, 0) is 9.53 Å². The molecule has 7 heteroatoms. The largest absolute Gasteiger partial charge is 0.448 e. The number of amides is 1. The van der Waals surface area contributed by atoms with Gasteiger partial charge < -0.3 is 15.0 Å². The molecule has 1 atom stereocenters. The van der Waals surface area contributed by atoms with E-state index < -0.39 is 12.1 Å². The van der Waals surface area contributed by atoms with Crippen LogP contribution in [0.15, 0.2) is 30.3 Å². The molecule has 1 saturated heterocycles. The Morgan fingerprint density at radius 3 is 2.52 bits per heavy atom. The molecule has 0 unspecified atom stereocenters. The van der Waals surface area contributed by atoms with Crippen molar-refractivity contribution in [2.24, 2.45) is 0 Å². The third kappa shape index (κ3) is 4.17. The number of carbonyl (C=O) groups excluding carboxylic acids is 2. The van der Waals surface area contributed by atoms with Crippen LogP contribution in [0.3, 0.4) is 0 Å². The van der Waals surface area contributed by atoms with E-state index in [1.54, 1.807) is 13.0 Å². The summed E-state index contributed by atoms with van der Waals surface area (Å²) in [6, 6.07) is 9.27. The number of anilines is 2. The van der Waals surface area contributed by atoms with E-state index in [-0.39, 0.29) is 11.6 Å².